The first-order valence-corrected chi connectivity index (χ1v) is 17.0. The summed E-state index contributed by atoms with van der Waals surface area (Å²) in [6, 6.07) is 51.9. The van der Waals surface area contributed by atoms with Crippen LogP contribution in [0.25, 0.3) is 63.3 Å². The lowest BCUT2D eigenvalue weighted by molar-refractivity contribution is 0.866. The van der Waals surface area contributed by atoms with Crippen molar-refractivity contribution >= 4 is 91.7 Å². The van der Waals surface area contributed by atoms with Crippen molar-refractivity contribution in [2.75, 3.05) is 4.90 Å². The van der Waals surface area contributed by atoms with E-state index < -0.39 is 0 Å². The van der Waals surface area contributed by atoms with Crippen LogP contribution >= 0.6 is 11.3 Å². The van der Waals surface area contributed by atoms with E-state index in [-0.39, 0.29) is 0 Å². The Kier molecular flexibility index (Phi) is 6.16. The Morgan fingerprint density at radius 2 is 1.13 bits per heavy atom. The van der Waals surface area contributed by atoms with E-state index in [4.69, 9.17) is 0 Å². The van der Waals surface area contributed by atoms with Crippen LogP contribution in [0.2, 0.25) is 0 Å². The van der Waals surface area contributed by atoms with Crippen LogP contribution in [0.15, 0.2) is 140 Å². The SMILES string of the molecule is Cc1ccccc1N(c1ccc(C(C)C)cc1)c1ccc2c(c1)c1ccccc1c1c2ccc2c1sc1ccc3ccccc3c12. The first kappa shape index (κ1) is 27.2. The molecule has 8 aromatic carbocycles. The molecular formula is C44H33NS. The maximum Gasteiger partial charge on any atom is 0.0490 e. The molecule has 9 rings (SSSR count). The molecule has 0 saturated carbocycles. The third-order valence-corrected chi connectivity index (χ3v) is 10.9. The van der Waals surface area contributed by atoms with Crippen molar-refractivity contribution < 1.29 is 0 Å². The quantitative estimate of drug-likeness (QED) is 0.180. The normalized spacial score (nSPS) is 12.0. The zero-order valence-electron chi connectivity index (χ0n) is 26.2. The van der Waals surface area contributed by atoms with Gasteiger partial charge in [0.05, 0.1) is 0 Å². The van der Waals surface area contributed by atoms with Gasteiger partial charge in [-0.05, 0) is 98.1 Å². The average Bonchev–Trinajstić information content (AvgIpc) is 3.49. The van der Waals surface area contributed by atoms with E-state index >= 15 is 0 Å². The van der Waals surface area contributed by atoms with Gasteiger partial charge in [-0.15, -0.1) is 11.3 Å². The van der Waals surface area contributed by atoms with Crippen molar-refractivity contribution in [3.8, 4) is 0 Å². The Morgan fingerprint density at radius 1 is 0.500 bits per heavy atom. The Labute approximate surface area is 272 Å². The molecule has 0 aliphatic heterocycles. The monoisotopic (exact) mass is 607 g/mol. The van der Waals surface area contributed by atoms with E-state index in [2.05, 4.69) is 165 Å². The highest BCUT2D eigenvalue weighted by molar-refractivity contribution is 7.27. The number of para-hydroxylation sites is 1. The van der Waals surface area contributed by atoms with Gasteiger partial charge in [-0.1, -0.05) is 117 Å². The minimum Gasteiger partial charge on any atom is -0.310 e. The van der Waals surface area contributed by atoms with Crippen molar-refractivity contribution in [3.05, 3.63) is 151 Å². The number of hydrogen-bond acceptors (Lipinski definition) is 2. The molecule has 0 N–H and O–H groups in total. The zero-order chi connectivity index (χ0) is 30.9. The molecule has 1 heterocycles. The lowest BCUT2D eigenvalue weighted by atomic mass is 9.92. The van der Waals surface area contributed by atoms with Crippen LogP contribution in [0, 0.1) is 6.92 Å². The predicted molar refractivity (Wildman–Crippen MR) is 203 cm³/mol. The fourth-order valence-corrected chi connectivity index (χ4v) is 8.70. The molecule has 9 aromatic rings. The Morgan fingerprint density at radius 3 is 1.93 bits per heavy atom. The molecule has 46 heavy (non-hydrogen) atoms. The van der Waals surface area contributed by atoms with Crippen molar-refractivity contribution in [2.45, 2.75) is 26.7 Å². The van der Waals surface area contributed by atoms with Gasteiger partial charge in [0.2, 0.25) is 0 Å². The van der Waals surface area contributed by atoms with Crippen LogP contribution in [-0.4, -0.2) is 0 Å². The zero-order valence-corrected chi connectivity index (χ0v) is 27.0. The summed E-state index contributed by atoms with van der Waals surface area (Å²) in [5, 5.41) is 13.2. The number of rotatable bonds is 4. The number of nitrogens with zero attached hydrogens (tertiary/aromatic N) is 1. The number of aryl methyl sites for hydroxylation is 1. The molecule has 220 valence electrons. The smallest absolute Gasteiger partial charge is 0.0490 e. The van der Waals surface area contributed by atoms with Crippen molar-refractivity contribution in [1.82, 2.24) is 0 Å². The minimum atomic E-state index is 0.493. The Hall–Kier alpha value is -5.18. The van der Waals surface area contributed by atoms with Gasteiger partial charge in [-0.25, -0.2) is 0 Å². The number of anilines is 3. The first-order valence-electron chi connectivity index (χ1n) is 16.1. The summed E-state index contributed by atoms with van der Waals surface area (Å²) in [6.07, 6.45) is 0. The van der Waals surface area contributed by atoms with E-state index in [0.717, 1.165) is 5.69 Å². The Bertz CT molecular complexity index is 2600. The molecule has 1 nitrogen and oxygen atoms in total. The highest BCUT2D eigenvalue weighted by Crippen LogP contribution is 2.47. The molecular weight excluding hydrogens is 575 g/mol. The highest BCUT2D eigenvalue weighted by atomic mass is 32.1. The van der Waals surface area contributed by atoms with E-state index in [1.807, 2.05) is 11.3 Å². The maximum absolute atomic E-state index is 2.41. The number of fused-ring (bicyclic) bond motifs is 12. The molecule has 0 spiro atoms. The van der Waals surface area contributed by atoms with Crippen molar-refractivity contribution in [1.29, 1.82) is 0 Å². The van der Waals surface area contributed by atoms with Gasteiger partial charge in [-0.2, -0.15) is 0 Å². The number of thiophene rings is 1. The second-order valence-corrected chi connectivity index (χ2v) is 13.8. The summed E-state index contributed by atoms with van der Waals surface area (Å²) in [7, 11) is 0. The number of hydrogen-bond donors (Lipinski definition) is 0. The fourth-order valence-electron chi connectivity index (χ4n) is 7.42. The molecule has 0 saturated heterocycles. The summed E-state index contributed by atoms with van der Waals surface area (Å²) in [4.78, 5) is 2.41. The molecule has 2 heteroatoms. The van der Waals surface area contributed by atoms with Gasteiger partial charge in [0.25, 0.3) is 0 Å². The fraction of sp³-hybridized carbons (Fsp3) is 0.0909. The summed E-state index contributed by atoms with van der Waals surface area (Å²) >= 11 is 1.93. The summed E-state index contributed by atoms with van der Waals surface area (Å²) in [5.41, 5.74) is 6.13. The molecule has 0 amide bonds. The molecule has 0 atom stereocenters. The van der Waals surface area contributed by atoms with Gasteiger partial charge >= 0.3 is 0 Å². The standard InChI is InChI=1S/C44H33NS/c1-27(2)29-16-19-31(20-17-29)45(40-15-9-4-10-28(40)3)32-21-22-35-37-23-24-38-42-33-12-6-5-11-30(33)18-25-41(42)46-44(38)43(37)36-14-8-7-13-34(36)39(35)26-32/h4-27H,1-3H3. The third-order valence-electron chi connectivity index (χ3n) is 9.74. The summed E-state index contributed by atoms with van der Waals surface area (Å²) in [6.45, 7) is 6.71. The van der Waals surface area contributed by atoms with Gasteiger partial charge in [0.15, 0.2) is 0 Å². The van der Waals surface area contributed by atoms with Crippen LogP contribution in [0.1, 0.15) is 30.9 Å². The molecule has 0 aliphatic carbocycles. The second kappa shape index (κ2) is 10.4. The average molecular weight is 608 g/mol. The third kappa shape index (κ3) is 4.07. The largest absolute Gasteiger partial charge is 0.310 e. The Balaban J connectivity index is 1.34. The van der Waals surface area contributed by atoms with Gasteiger partial charge in [0.1, 0.15) is 0 Å². The van der Waals surface area contributed by atoms with Crippen LogP contribution in [0.3, 0.4) is 0 Å². The lowest BCUT2D eigenvalue weighted by Gasteiger charge is -2.28. The predicted octanol–water partition coefficient (Wildman–Crippen LogP) is 13.6. The molecule has 0 aliphatic rings. The van der Waals surface area contributed by atoms with Crippen LogP contribution in [0.5, 0.6) is 0 Å². The van der Waals surface area contributed by atoms with Crippen LogP contribution in [0.4, 0.5) is 17.1 Å². The second-order valence-electron chi connectivity index (χ2n) is 12.8. The van der Waals surface area contributed by atoms with Crippen LogP contribution in [-0.2, 0) is 0 Å². The van der Waals surface area contributed by atoms with Crippen molar-refractivity contribution in [2.24, 2.45) is 0 Å². The summed E-state index contributed by atoms with van der Waals surface area (Å²) in [5.74, 6) is 0.493. The number of benzene rings is 8. The van der Waals surface area contributed by atoms with E-state index in [1.165, 1.54) is 85.8 Å². The minimum absolute atomic E-state index is 0.493. The van der Waals surface area contributed by atoms with E-state index in [9.17, 15) is 0 Å². The maximum atomic E-state index is 2.41. The first-order chi connectivity index (χ1) is 22.6. The van der Waals surface area contributed by atoms with Crippen LogP contribution < -0.4 is 4.90 Å². The van der Waals surface area contributed by atoms with Gasteiger partial charge < -0.3 is 4.90 Å². The van der Waals surface area contributed by atoms with Gasteiger partial charge in [0, 0.05) is 42.6 Å². The topological polar surface area (TPSA) is 3.24 Å². The molecule has 1 aromatic heterocycles. The van der Waals surface area contributed by atoms with Crippen molar-refractivity contribution in [3.63, 3.8) is 0 Å². The summed E-state index contributed by atoms with van der Waals surface area (Å²) < 4.78 is 2.72. The lowest BCUT2D eigenvalue weighted by Crippen LogP contribution is -2.11. The molecule has 0 radical (unpaired) electrons. The van der Waals surface area contributed by atoms with E-state index in [0.29, 0.717) is 5.92 Å². The highest BCUT2D eigenvalue weighted by Gasteiger charge is 2.19. The molecule has 0 fully saturated rings. The van der Waals surface area contributed by atoms with Gasteiger partial charge in [-0.3, -0.25) is 0 Å². The molecule has 0 unspecified atom stereocenters. The van der Waals surface area contributed by atoms with E-state index in [1.54, 1.807) is 0 Å². The molecule has 0 bridgehead atoms.